The number of anilines is 1. The van der Waals surface area contributed by atoms with E-state index in [1.54, 1.807) is 13.0 Å². The lowest BCUT2D eigenvalue weighted by Crippen LogP contribution is -2.32. The summed E-state index contributed by atoms with van der Waals surface area (Å²) in [6, 6.07) is 10.7. The molecule has 2 aromatic heterocycles. The van der Waals surface area contributed by atoms with Gasteiger partial charge in [0.1, 0.15) is 5.82 Å². The number of hydrogen-bond acceptors (Lipinski definition) is 5. The molecular formula is C18H17F3N6O. The van der Waals surface area contributed by atoms with Gasteiger partial charge in [-0.15, -0.1) is 5.10 Å². The topological polar surface area (TPSA) is 75.4 Å². The predicted octanol–water partition coefficient (Wildman–Crippen LogP) is 2.52. The van der Waals surface area contributed by atoms with E-state index in [0.29, 0.717) is 24.6 Å². The molecule has 4 rings (SSSR count). The van der Waals surface area contributed by atoms with Crippen LogP contribution in [-0.4, -0.2) is 38.6 Å². The Morgan fingerprint density at radius 2 is 1.93 bits per heavy atom. The van der Waals surface area contributed by atoms with Crippen LogP contribution in [0, 0.1) is 6.92 Å². The molecule has 0 unspecified atom stereocenters. The van der Waals surface area contributed by atoms with Crippen LogP contribution < -0.4 is 10.2 Å². The average molecular weight is 390 g/mol. The maximum atomic E-state index is 13.1. The number of amides is 1. The van der Waals surface area contributed by atoms with Crippen molar-refractivity contribution in [2.45, 2.75) is 25.6 Å². The van der Waals surface area contributed by atoms with Gasteiger partial charge in [-0.05, 0) is 12.5 Å². The van der Waals surface area contributed by atoms with Gasteiger partial charge in [0, 0.05) is 24.8 Å². The number of aromatic nitrogens is 4. The lowest BCUT2D eigenvalue weighted by molar-refractivity contribution is -0.144. The SMILES string of the molecule is Cc1cc(N2CCNC(=O)C[C@H]2c2ccccc2)n2nc(C(F)(F)F)nc2n1. The van der Waals surface area contributed by atoms with Gasteiger partial charge in [0.2, 0.25) is 5.91 Å². The molecule has 7 nitrogen and oxygen atoms in total. The first-order chi connectivity index (χ1) is 13.3. The van der Waals surface area contributed by atoms with E-state index in [9.17, 15) is 18.0 Å². The molecule has 146 valence electrons. The molecule has 1 saturated heterocycles. The molecule has 1 atom stereocenters. The van der Waals surface area contributed by atoms with Gasteiger partial charge in [0.05, 0.1) is 12.5 Å². The third-order valence-electron chi connectivity index (χ3n) is 4.58. The van der Waals surface area contributed by atoms with E-state index in [-0.39, 0.29) is 24.1 Å². The summed E-state index contributed by atoms with van der Waals surface area (Å²) in [5.41, 5.74) is 1.40. The molecule has 3 heterocycles. The van der Waals surface area contributed by atoms with Crippen LogP contribution in [0.25, 0.3) is 5.78 Å². The Morgan fingerprint density at radius 1 is 1.18 bits per heavy atom. The van der Waals surface area contributed by atoms with Crippen molar-refractivity contribution in [3.63, 3.8) is 0 Å². The molecule has 28 heavy (non-hydrogen) atoms. The zero-order valence-electron chi connectivity index (χ0n) is 14.9. The molecular weight excluding hydrogens is 373 g/mol. The average Bonchev–Trinajstić information content (AvgIpc) is 2.99. The maximum absolute atomic E-state index is 13.1. The summed E-state index contributed by atoms with van der Waals surface area (Å²) < 4.78 is 40.5. The molecule has 1 amide bonds. The highest BCUT2D eigenvalue weighted by molar-refractivity contribution is 5.78. The zero-order chi connectivity index (χ0) is 19.9. The van der Waals surface area contributed by atoms with Gasteiger partial charge in [-0.3, -0.25) is 4.79 Å². The van der Waals surface area contributed by atoms with Gasteiger partial charge in [-0.1, -0.05) is 30.3 Å². The van der Waals surface area contributed by atoms with Crippen molar-refractivity contribution in [2.24, 2.45) is 0 Å². The van der Waals surface area contributed by atoms with Gasteiger partial charge in [-0.25, -0.2) is 4.98 Å². The number of nitrogens with one attached hydrogen (secondary N) is 1. The fourth-order valence-corrected chi connectivity index (χ4v) is 3.37. The van der Waals surface area contributed by atoms with Crippen LogP contribution in [0.3, 0.4) is 0 Å². The van der Waals surface area contributed by atoms with Gasteiger partial charge >= 0.3 is 6.18 Å². The van der Waals surface area contributed by atoms with Crippen molar-refractivity contribution in [3.8, 4) is 0 Å². The number of aryl methyl sites for hydroxylation is 1. The minimum atomic E-state index is -4.67. The van der Waals surface area contributed by atoms with E-state index < -0.39 is 12.0 Å². The highest BCUT2D eigenvalue weighted by atomic mass is 19.4. The largest absolute Gasteiger partial charge is 0.453 e. The van der Waals surface area contributed by atoms with Crippen molar-refractivity contribution >= 4 is 17.5 Å². The Kier molecular flexibility index (Phi) is 4.40. The molecule has 10 heteroatoms. The first kappa shape index (κ1) is 18.2. The number of nitrogens with zero attached hydrogens (tertiary/aromatic N) is 5. The molecule has 1 aromatic carbocycles. The van der Waals surface area contributed by atoms with Crippen LogP contribution in [0.5, 0.6) is 0 Å². The zero-order valence-corrected chi connectivity index (χ0v) is 14.9. The van der Waals surface area contributed by atoms with Gasteiger partial charge in [-0.2, -0.15) is 22.7 Å². The fraction of sp³-hybridized carbons (Fsp3) is 0.333. The molecule has 1 N–H and O–H groups in total. The second-order valence-electron chi connectivity index (χ2n) is 6.57. The molecule has 1 fully saturated rings. The molecule has 0 spiro atoms. The summed E-state index contributed by atoms with van der Waals surface area (Å²) in [4.78, 5) is 21.7. The normalized spacial score (nSPS) is 18.2. The lowest BCUT2D eigenvalue weighted by atomic mass is 10.0. The molecule has 1 aliphatic rings. The number of carbonyl (C=O) groups excluding carboxylic acids is 1. The minimum Gasteiger partial charge on any atom is -0.354 e. The number of halogens is 3. The van der Waals surface area contributed by atoms with E-state index in [2.05, 4.69) is 20.4 Å². The Labute approximate surface area is 158 Å². The summed E-state index contributed by atoms with van der Waals surface area (Å²) in [7, 11) is 0. The van der Waals surface area contributed by atoms with E-state index in [0.717, 1.165) is 10.1 Å². The van der Waals surface area contributed by atoms with Crippen molar-refractivity contribution in [3.05, 3.63) is 53.5 Å². The second kappa shape index (κ2) is 6.77. The van der Waals surface area contributed by atoms with E-state index in [4.69, 9.17) is 0 Å². The van der Waals surface area contributed by atoms with E-state index in [1.165, 1.54) is 0 Å². The lowest BCUT2D eigenvalue weighted by Gasteiger charge is -2.31. The highest BCUT2D eigenvalue weighted by Gasteiger charge is 2.37. The van der Waals surface area contributed by atoms with Crippen molar-refractivity contribution in [1.29, 1.82) is 0 Å². The Hall–Kier alpha value is -3.17. The summed E-state index contributed by atoms with van der Waals surface area (Å²) in [5, 5.41) is 6.46. The predicted molar refractivity (Wildman–Crippen MR) is 94.7 cm³/mol. The third kappa shape index (κ3) is 3.37. The number of fused-ring (bicyclic) bond motifs is 1. The minimum absolute atomic E-state index is 0.118. The summed E-state index contributed by atoms with van der Waals surface area (Å²) in [5.74, 6) is -1.08. The Bertz CT molecular complexity index is 1020. The van der Waals surface area contributed by atoms with Gasteiger partial charge in [0.15, 0.2) is 0 Å². The number of hydrogen-bond donors (Lipinski definition) is 1. The fourth-order valence-electron chi connectivity index (χ4n) is 3.37. The van der Waals surface area contributed by atoms with Crippen LogP contribution in [0.1, 0.15) is 29.5 Å². The molecule has 0 saturated carbocycles. The van der Waals surface area contributed by atoms with E-state index in [1.807, 2.05) is 35.2 Å². The molecule has 0 aliphatic carbocycles. The van der Waals surface area contributed by atoms with Crippen molar-refractivity contribution < 1.29 is 18.0 Å². The van der Waals surface area contributed by atoms with Gasteiger partial charge in [0.25, 0.3) is 11.6 Å². The quantitative estimate of drug-likeness (QED) is 0.728. The number of rotatable bonds is 2. The van der Waals surface area contributed by atoms with Crippen LogP contribution in [0.2, 0.25) is 0 Å². The standard InChI is InChI=1S/C18H17F3N6O/c1-11-9-15(27-17(23-11)24-16(25-27)18(19,20)21)26-8-7-22-14(28)10-13(26)12-5-3-2-4-6-12/h2-6,9,13H,7-8,10H2,1H3,(H,22,28)/t13-/m0/s1. The smallest absolute Gasteiger partial charge is 0.354 e. The van der Waals surface area contributed by atoms with Gasteiger partial charge < -0.3 is 10.2 Å². The monoisotopic (exact) mass is 390 g/mol. The van der Waals surface area contributed by atoms with Crippen LogP contribution in [0.4, 0.5) is 19.0 Å². The summed E-state index contributed by atoms with van der Waals surface area (Å²) >= 11 is 0. The van der Waals surface area contributed by atoms with Crippen LogP contribution in [-0.2, 0) is 11.0 Å². The number of benzene rings is 1. The number of carbonyl (C=O) groups is 1. The Morgan fingerprint density at radius 3 is 2.64 bits per heavy atom. The van der Waals surface area contributed by atoms with Crippen molar-refractivity contribution in [2.75, 3.05) is 18.0 Å². The van der Waals surface area contributed by atoms with Crippen LogP contribution >= 0.6 is 0 Å². The highest BCUT2D eigenvalue weighted by Crippen LogP contribution is 2.32. The number of alkyl halides is 3. The second-order valence-corrected chi connectivity index (χ2v) is 6.57. The van der Waals surface area contributed by atoms with E-state index >= 15 is 0 Å². The molecule has 3 aromatic rings. The third-order valence-corrected chi connectivity index (χ3v) is 4.58. The van der Waals surface area contributed by atoms with Crippen molar-refractivity contribution in [1.82, 2.24) is 24.9 Å². The van der Waals surface area contributed by atoms with Crippen LogP contribution in [0.15, 0.2) is 36.4 Å². The first-order valence-corrected chi connectivity index (χ1v) is 8.73. The maximum Gasteiger partial charge on any atom is 0.453 e. The molecule has 0 radical (unpaired) electrons. The first-order valence-electron chi connectivity index (χ1n) is 8.73. The summed E-state index contributed by atoms with van der Waals surface area (Å²) in [6.07, 6.45) is -4.50. The summed E-state index contributed by atoms with van der Waals surface area (Å²) in [6.45, 7) is 2.46. The molecule has 1 aliphatic heterocycles. The Balaban J connectivity index is 1.88. The molecule has 0 bridgehead atoms.